The molecule has 1 aliphatic heterocycles. The minimum atomic E-state index is -1.59. The zero-order valence-corrected chi connectivity index (χ0v) is 15.2. The SMILES string of the molecule is Cc1c(O)ccc2c1OCC(c1ccc(F)c(F)c1F)C2c1ccc(O)c(F)c1. The number of aromatic hydroxyl groups is 2. The lowest BCUT2D eigenvalue weighted by atomic mass is 9.75. The average molecular weight is 404 g/mol. The lowest BCUT2D eigenvalue weighted by Gasteiger charge is -2.35. The molecule has 3 nitrogen and oxygen atoms in total. The maximum absolute atomic E-state index is 14.6. The van der Waals surface area contributed by atoms with Crippen molar-refractivity contribution in [3.8, 4) is 17.2 Å². The Morgan fingerprint density at radius 1 is 0.828 bits per heavy atom. The second-order valence-corrected chi connectivity index (χ2v) is 7.00. The molecule has 0 bridgehead atoms. The van der Waals surface area contributed by atoms with Crippen LogP contribution in [0.4, 0.5) is 17.6 Å². The predicted octanol–water partition coefficient (Wildman–Crippen LogP) is 5.27. The van der Waals surface area contributed by atoms with Crippen LogP contribution in [-0.4, -0.2) is 16.8 Å². The van der Waals surface area contributed by atoms with Crippen molar-refractivity contribution in [3.05, 3.63) is 88.0 Å². The van der Waals surface area contributed by atoms with Crippen LogP contribution in [0, 0.1) is 30.2 Å². The number of ether oxygens (including phenoxy) is 1. The van der Waals surface area contributed by atoms with Gasteiger partial charge in [-0.05, 0) is 42.3 Å². The fourth-order valence-corrected chi connectivity index (χ4v) is 3.85. The van der Waals surface area contributed by atoms with Crippen molar-refractivity contribution in [3.63, 3.8) is 0 Å². The third-order valence-corrected chi connectivity index (χ3v) is 5.35. The van der Waals surface area contributed by atoms with Gasteiger partial charge in [0.05, 0.1) is 6.61 Å². The van der Waals surface area contributed by atoms with Gasteiger partial charge in [0, 0.05) is 23.0 Å². The van der Waals surface area contributed by atoms with Crippen molar-refractivity contribution in [2.45, 2.75) is 18.8 Å². The van der Waals surface area contributed by atoms with Crippen molar-refractivity contribution in [2.24, 2.45) is 0 Å². The highest BCUT2D eigenvalue weighted by molar-refractivity contribution is 5.55. The molecule has 0 radical (unpaired) electrons. The quantitative estimate of drug-likeness (QED) is 0.452. The minimum Gasteiger partial charge on any atom is -0.508 e. The third-order valence-electron chi connectivity index (χ3n) is 5.35. The van der Waals surface area contributed by atoms with E-state index in [9.17, 15) is 27.8 Å². The first-order valence-corrected chi connectivity index (χ1v) is 8.86. The molecule has 29 heavy (non-hydrogen) atoms. The molecular weight excluding hydrogens is 388 g/mol. The lowest BCUT2D eigenvalue weighted by Crippen LogP contribution is -2.27. The van der Waals surface area contributed by atoms with Crippen LogP contribution in [0.5, 0.6) is 17.2 Å². The molecule has 0 amide bonds. The normalized spacial score (nSPS) is 18.2. The van der Waals surface area contributed by atoms with Crippen molar-refractivity contribution in [1.82, 2.24) is 0 Å². The van der Waals surface area contributed by atoms with Gasteiger partial charge < -0.3 is 14.9 Å². The summed E-state index contributed by atoms with van der Waals surface area (Å²) in [6.45, 7) is 1.54. The van der Waals surface area contributed by atoms with E-state index in [4.69, 9.17) is 4.74 Å². The highest BCUT2D eigenvalue weighted by Gasteiger charge is 2.37. The molecule has 1 heterocycles. The van der Waals surface area contributed by atoms with Crippen LogP contribution in [0.1, 0.15) is 34.1 Å². The fourth-order valence-electron chi connectivity index (χ4n) is 3.85. The van der Waals surface area contributed by atoms with Crippen LogP contribution in [0.15, 0.2) is 42.5 Å². The van der Waals surface area contributed by atoms with E-state index in [1.807, 2.05) is 0 Å². The van der Waals surface area contributed by atoms with Crippen molar-refractivity contribution in [1.29, 1.82) is 0 Å². The van der Waals surface area contributed by atoms with Gasteiger partial charge in [0.25, 0.3) is 0 Å². The molecule has 0 saturated heterocycles. The van der Waals surface area contributed by atoms with E-state index in [0.717, 1.165) is 18.2 Å². The van der Waals surface area contributed by atoms with Crippen LogP contribution in [0.25, 0.3) is 0 Å². The highest BCUT2D eigenvalue weighted by Crippen LogP contribution is 2.49. The second-order valence-electron chi connectivity index (χ2n) is 7.00. The molecule has 0 fully saturated rings. The van der Waals surface area contributed by atoms with E-state index in [0.29, 0.717) is 22.4 Å². The van der Waals surface area contributed by atoms with E-state index >= 15 is 0 Å². The van der Waals surface area contributed by atoms with Crippen molar-refractivity contribution >= 4 is 0 Å². The number of hydrogen-bond donors (Lipinski definition) is 2. The molecule has 0 aliphatic carbocycles. The summed E-state index contributed by atoms with van der Waals surface area (Å²) in [5.41, 5.74) is 1.27. The Morgan fingerprint density at radius 2 is 1.52 bits per heavy atom. The van der Waals surface area contributed by atoms with E-state index in [1.54, 1.807) is 13.0 Å². The Kier molecular flexibility index (Phi) is 4.61. The number of fused-ring (bicyclic) bond motifs is 1. The Bertz CT molecular complexity index is 1110. The Morgan fingerprint density at radius 3 is 2.24 bits per heavy atom. The second kappa shape index (κ2) is 6.99. The minimum absolute atomic E-state index is 0.00292. The predicted molar refractivity (Wildman–Crippen MR) is 97.3 cm³/mol. The summed E-state index contributed by atoms with van der Waals surface area (Å²) in [7, 11) is 0. The molecule has 3 aromatic rings. The van der Waals surface area contributed by atoms with Crippen LogP contribution in [0.3, 0.4) is 0 Å². The molecule has 2 N–H and O–H groups in total. The molecule has 1 aliphatic rings. The first-order valence-electron chi connectivity index (χ1n) is 8.86. The van der Waals surface area contributed by atoms with Crippen LogP contribution < -0.4 is 4.74 Å². The van der Waals surface area contributed by atoms with E-state index in [1.165, 1.54) is 18.2 Å². The fraction of sp³-hybridized carbons (Fsp3) is 0.182. The average Bonchev–Trinajstić information content (AvgIpc) is 2.70. The van der Waals surface area contributed by atoms with Gasteiger partial charge in [-0.3, -0.25) is 0 Å². The summed E-state index contributed by atoms with van der Waals surface area (Å²) >= 11 is 0. The van der Waals surface area contributed by atoms with E-state index in [-0.39, 0.29) is 17.9 Å². The maximum atomic E-state index is 14.6. The largest absolute Gasteiger partial charge is 0.508 e. The van der Waals surface area contributed by atoms with Gasteiger partial charge in [-0.2, -0.15) is 0 Å². The Hall–Kier alpha value is -3.22. The van der Waals surface area contributed by atoms with Crippen molar-refractivity contribution < 1.29 is 32.5 Å². The van der Waals surface area contributed by atoms with Crippen LogP contribution in [0.2, 0.25) is 0 Å². The van der Waals surface area contributed by atoms with Gasteiger partial charge in [0.1, 0.15) is 11.5 Å². The zero-order valence-electron chi connectivity index (χ0n) is 15.2. The summed E-state index contributed by atoms with van der Waals surface area (Å²) in [5, 5.41) is 19.5. The number of phenols is 2. The maximum Gasteiger partial charge on any atom is 0.194 e. The summed E-state index contributed by atoms with van der Waals surface area (Å²) < 4.78 is 61.7. The molecule has 0 spiro atoms. The van der Waals surface area contributed by atoms with Gasteiger partial charge >= 0.3 is 0 Å². The summed E-state index contributed by atoms with van der Waals surface area (Å²) in [5.74, 6) is -6.77. The smallest absolute Gasteiger partial charge is 0.194 e. The molecule has 4 rings (SSSR count). The molecule has 2 unspecified atom stereocenters. The topological polar surface area (TPSA) is 49.7 Å². The van der Waals surface area contributed by atoms with Gasteiger partial charge in [0.2, 0.25) is 0 Å². The molecule has 0 aromatic heterocycles. The van der Waals surface area contributed by atoms with E-state index in [2.05, 4.69) is 0 Å². The number of halogens is 4. The summed E-state index contributed by atoms with van der Waals surface area (Å²) in [4.78, 5) is 0. The van der Waals surface area contributed by atoms with Crippen molar-refractivity contribution in [2.75, 3.05) is 6.61 Å². The number of rotatable bonds is 2. The van der Waals surface area contributed by atoms with Crippen LogP contribution in [-0.2, 0) is 0 Å². The van der Waals surface area contributed by atoms with E-state index < -0.39 is 40.9 Å². The monoisotopic (exact) mass is 404 g/mol. The van der Waals surface area contributed by atoms with Crippen LogP contribution >= 0.6 is 0 Å². The first-order chi connectivity index (χ1) is 13.8. The summed E-state index contributed by atoms with van der Waals surface area (Å²) in [6, 6.07) is 8.74. The highest BCUT2D eigenvalue weighted by atomic mass is 19.2. The molecular formula is C22H16F4O3. The zero-order chi connectivity index (χ0) is 20.9. The molecule has 150 valence electrons. The number of phenolic OH excluding ortho intramolecular Hbond substituents is 2. The Labute approximate surface area is 163 Å². The van der Waals surface area contributed by atoms with Gasteiger partial charge in [-0.25, -0.2) is 17.6 Å². The van der Waals surface area contributed by atoms with Gasteiger partial charge in [-0.15, -0.1) is 0 Å². The van der Waals surface area contributed by atoms with Gasteiger partial charge in [-0.1, -0.05) is 18.2 Å². The number of hydrogen-bond acceptors (Lipinski definition) is 3. The molecule has 7 heteroatoms. The molecule has 2 atom stereocenters. The third kappa shape index (κ3) is 3.06. The standard InChI is InChI=1S/C22H16F4O3/c1-10-17(27)7-4-13-19(11-2-6-18(28)16(24)8-11)14(9-29-22(10)13)12-3-5-15(23)21(26)20(12)25/h2-8,14,19,27-28H,9H2,1H3. The summed E-state index contributed by atoms with van der Waals surface area (Å²) in [6.07, 6.45) is 0. The first kappa shape index (κ1) is 19.1. The Balaban J connectivity index is 1.94. The lowest BCUT2D eigenvalue weighted by molar-refractivity contribution is 0.241. The van der Waals surface area contributed by atoms with Gasteiger partial charge in [0.15, 0.2) is 29.0 Å². The molecule has 0 saturated carbocycles. The molecule has 3 aromatic carbocycles. The number of benzene rings is 3.